The molecule has 1 atom stereocenters. The summed E-state index contributed by atoms with van der Waals surface area (Å²) in [5, 5.41) is 0. The first kappa shape index (κ1) is 19.7. The quantitative estimate of drug-likeness (QED) is 0.685. The maximum atomic E-state index is 12.1. The number of benzene rings is 2. The molecule has 150 valence electrons. The highest BCUT2D eigenvalue weighted by Crippen LogP contribution is 2.46. The van der Waals surface area contributed by atoms with Crippen molar-refractivity contribution in [3.05, 3.63) is 35.4 Å². The van der Waals surface area contributed by atoms with Gasteiger partial charge in [-0.05, 0) is 30.7 Å². The minimum atomic E-state index is -0.296. The number of carbonyl (C=O) groups is 1. The van der Waals surface area contributed by atoms with E-state index in [2.05, 4.69) is 0 Å². The van der Waals surface area contributed by atoms with E-state index in [0.717, 1.165) is 11.1 Å². The van der Waals surface area contributed by atoms with Crippen LogP contribution in [0.25, 0.3) is 0 Å². The molecule has 0 saturated carbocycles. The Kier molecular flexibility index (Phi) is 5.82. The minimum Gasteiger partial charge on any atom is -0.496 e. The smallest absolute Gasteiger partial charge is 0.231 e. The largest absolute Gasteiger partial charge is 0.496 e. The van der Waals surface area contributed by atoms with E-state index in [1.165, 1.54) is 0 Å². The van der Waals surface area contributed by atoms with Gasteiger partial charge < -0.3 is 28.4 Å². The highest BCUT2D eigenvalue weighted by molar-refractivity contribution is 5.78. The van der Waals surface area contributed by atoms with Gasteiger partial charge >= 0.3 is 0 Å². The monoisotopic (exact) mass is 388 g/mol. The van der Waals surface area contributed by atoms with E-state index in [1.807, 2.05) is 18.2 Å². The van der Waals surface area contributed by atoms with Gasteiger partial charge in [-0.1, -0.05) is 0 Å². The maximum absolute atomic E-state index is 12.1. The van der Waals surface area contributed by atoms with Crippen molar-refractivity contribution >= 4 is 5.78 Å². The van der Waals surface area contributed by atoms with E-state index in [9.17, 15) is 4.79 Å². The third kappa shape index (κ3) is 3.65. The Balaban J connectivity index is 2.18. The molecule has 0 bridgehead atoms. The van der Waals surface area contributed by atoms with Crippen molar-refractivity contribution in [2.45, 2.75) is 19.3 Å². The number of carbonyl (C=O) groups excluding carboxylic acids is 1. The van der Waals surface area contributed by atoms with E-state index in [1.54, 1.807) is 41.4 Å². The van der Waals surface area contributed by atoms with Crippen LogP contribution in [0.3, 0.4) is 0 Å². The van der Waals surface area contributed by atoms with Crippen LogP contribution in [-0.2, 0) is 4.79 Å². The van der Waals surface area contributed by atoms with E-state index >= 15 is 0 Å². The molecule has 0 N–H and O–H groups in total. The second-order valence-corrected chi connectivity index (χ2v) is 6.36. The topological polar surface area (TPSA) is 72.5 Å². The second kappa shape index (κ2) is 8.29. The summed E-state index contributed by atoms with van der Waals surface area (Å²) in [6.07, 6.45) is 0.272. The van der Waals surface area contributed by atoms with Crippen LogP contribution in [0.4, 0.5) is 0 Å². The fourth-order valence-electron chi connectivity index (χ4n) is 3.39. The van der Waals surface area contributed by atoms with Gasteiger partial charge in [0.25, 0.3) is 0 Å². The first-order valence-electron chi connectivity index (χ1n) is 8.79. The molecule has 1 aliphatic heterocycles. The number of rotatable bonds is 8. The predicted molar refractivity (Wildman–Crippen MR) is 102 cm³/mol. The van der Waals surface area contributed by atoms with Crippen molar-refractivity contribution in [2.75, 3.05) is 35.2 Å². The minimum absolute atomic E-state index is 0.0403. The van der Waals surface area contributed by atoms with Crippen LogP contribution in [0.5, 0.6) is 34.5 Å². The van der Waals surface area contributed by atoms with Gasteiger partial charge in [-0.2, -0.15) is 0 Å². The highest BCUT2D eigenvalue weighted by atomic mass is 16.7. The molecule has 1 heterocycles. The molecule has 0 amide bonds. The Labute approximate surface area is 164 Å². The van der Waals surface area contributed by atoms with Gasteiger partial charge in [-0.15, -0.1) is 0 Å². The van der Waals surface area contributed by atoms with Crippen LogP contribution < -0.4 is 28.4 Å². The van der Waals surface area contributed by atoms with Gasteiger partial charge in [0.2, 0.25) is 12.5 Å². The lowest BCUT2D eigenvalue weighted by Crippen LogP contribution is -2.09. The van der Waals surface area contributed by atoms with Crippen LogP contribution in [0.15, 0.2) is 24.3 Å². The number of methoxy groups -OCH3 is 4. The Hall–Kier alpha value is -3.09. The molecule has 2 aromatic rings. The fourth-order valence-corrected chi connectivity index (χ4v) is 3.39. The molecule has 0 radical (unpaired) electrons. The first-order valence-corrected chi connectivity index (χ1v) is 8.79. The molecular weight excluding hydrogens is 364 g/mol. The van der Waals surface area contributed by atoms with Crippen LogP contribution in [0.2, 0.25) is 0 Å². The SMILES string of the molecule is COc1cc2c(cc1[C@@H](CC(C)=O)c1cc(OC)c(OC)c(OC)c1)OCO2. The molecule has 0 saturated heterocycles. The molecule has 0 spiro atoms. The molecule has 1 aliphatic rings. The summed E-state index contributed by atoms with van der Waals surface area (Å²) in [6.45, 7) is 1.72. The summed E-state index contributed by atoms with van der Waals surface area (Å²) in [6, 6.07) is 7.33. The fraction of sp³-hybridized carbons (Fsp3) is 0.381. The average molecular weight is 388 g/mol. The maximum Gasteiger partial charge on any atom is 0.231 e. The summed E-state index contributed by atoms with van der Waals surface area (Å²) < 4.78 is 32.9. The van der Waals surface area contributed by atoms with Gasteiger partial charge in [-0.25, -0.2) is 0 Å². The standard InChI is InChI=1S/C21H24O7/c1-12(22)6-14(13-7-19(24-3)21(26-5)20(8-13)25-4)15-9-17-18(28-11-27-17)10-16(15)23-2/h7-10,14H,6,11H2,1-5H3/t14-/m0/s1. The van der Waals surface area contributed by atoms with Crippen molar-refractivity contribution in [3.8, 4) is 34.5 Å². The van der Waals surface area contributed by atoms with Gasteiger partial charge in [0.15, 0.2) is 23.0 Å². The van der Waals surface area contributed by atoms with Crippen LogP contribution in [0.1, 0.15) is 30.4 Å². The van der Waals surface area contributed by atoms with Crippen molar-refractivity contribution in [2.24, 2.45) is 0 Å². The number of hydrogen-bond donors (Lipinski definition) is 0. The van der Waals surface area contributed by atoms with E-state index in [0.29, 0.717) is 34.5 Å². The normalized spacial score (nSPS) is 13.0. The summed E-state index contributed by atoms with van der Waals surface area (Å²) in [5.74, 6) is 3.13. The number of fused-ring (bicyclic) bond motifs is 1. The van der Waals surface area contributed by atoms with E-state index in [-0.39, 0.29) is 24.9 Å². The molecule has 28 heavy (non-hydrogen) atoms. The van der Waals surface area contributed by atoms with Gasteiger partial charge in [0.05, 0.1) is 28.4 Å². The van der Waals surface area contributed by atoms with Crippen molar-refractivity contribution in [3.63, 3.8) is 0 Å². The van der Waals surface area contributed by atoms with Gasteiger partial charge in [0.1, 0.15) is 11.5 Å². The summed E-state index contributed by atoms with van der Waals surface area (Å²) in [4.78, 5) is 12.1. The zero-order valence-corrected chi connectivity index (χ0v) is 16.7. The molecule has 0 fully saturated rings. The number of ether oxygens (including phenoxy) is 6. The molecule has 0 unspecified atom stereocenters. The van der Waals surface area contributed by atoms with E-state index < -0.39 is 0 Å². The number of hydrogen-bond acceptors (Lipinski definition) is 7. The first-order chi connectivity index (χ1) is 13.5. The lowest BCUT2D eigenvalue weighted by Gasteiger charge is -2.22. The lowest BCUT2D eigenvalue weighted by molar-refractivity contribution is -0.117. The number of Topliss-reactive ketones (excluding diaryl/α,β-unsaturated/α-hetero) is 1. The Bertz CT molecular complexity index is 850. The van der Waals surface area contributed by atoms with Crippen molar-refractivity contribution < 1.29 is 33.2 Å². The summed E-state index contributed by atoms with van der Waals surface area (Å²) in [5.41, 5.74) is 1.65. The van der Waals surface area contributed by atoms with Crippen LogP contribution in [0, 0.1) is 0 Å². The molecular formula is C21H24O7. The Morgan fingerprint density at radius 3 is 1.96 bits per heavy atom. The van der Waals surface area contributed by atoms with Gasteiger partial charge in [0, 0.05) is 24.0 Å². The molecule has 2 aromatic carbocycles. The third-order valence-electron chi connectivity index (χ3n) is 4.68. The Morgan fingerprint density at radius 2 is 1.46 bits per heavy atom. The summed E-state index contributed by atoms with van der Waals surface area (Å²) >= 11 is 0. The van der Waals surface area contributed by atoms with Crippen molar-refractivity contribution in [1.82, 2.24) is 0 Å². The average Bonchev–Trinajstić information content (AvgIpc) is 3.17. The van der Waals surface area contributed by atoms with Crippen LogP contribution in [-0.4, -0.2) is 41.0 Å². The van der Waals surface area contributed by atoms with Gasteiger partial charge in [-0.3, -0.25) is 4.79 Å². The van der Waals surface area contributed by atoms with Crippen molar-refractivity contribution in [1.29, 1.82) is 0 Å². The second-order valence-electron chi connectivity index (χ2n) is 6.36. The van der Waals surface area contributed by atoms with E-state index in [4.69, 9.17) is 28.4 Å². The third-order valence-corrected chi connectivity index (χ3v) is 4.68. The van der Waals surface area contributed by atoms with Crippen LogP contribution >= 0.6 is 0 Å². The molecule has 0 aromatic heterocycles. The zero-order chi connectivity index (χ0) is 20.3. The lowest BCUT2D eigenvalue weighted by atomic mass is 9.86. The molecule has 0 aliphatic carbocycles. The molecule has 7 nitrogen and oxygen atoms in total. The summed E-state index contributed by atoms with van der Waals surface area (Å²) in [7, 11) is 6.25. The Morgan fingerprint density at radius 1 is 0.893 bits per heavy atom. The zero-order valence-electron chi connectivity index (χ0n) is 16.7. The molecule has 3 rings (SSSR count). The highest BCUT2D eigenvalue weighted by Gasteiger charge is 2.27. The number of ketones is 1. The molecule has 7 heteroatoms. The predicted octanol–water partition coefficient (Wildman–Crippen LogP) is 3.56.